The second kappa shape index (κ2) is 9.84. The zero-order valence-electron chi connectivity index (χ0n) is 6.91. The van der Waals surface area contributed by atoms with Gasteiger partial charge in [-0.15, -0.1) is 0 Å². The maximum Gasteiger partial charge on any atom is 0.106 e. The lowest BCUT2D eigenvalue weighted by Gasteiger charge is -2.02. The van der Waals surface area contributed by atoms with Crippen molar-refractivity contribution in [2.24, 2.45) is 0 Å². The molecular weight excluding hydrogens is 148 g/mol. The van der Waals surface area contributed by atoms with E-state index in [0.29, 0.717) is 26.4 Å². The summed E-state index contributed by atoms with van der Waals surface area (Å²) in [4.78, 5) is 9.43. The molecule has 0 unspecified atom stereocenters. The topological polar surface area (TPSA) is 47.9 Å². The van der Waals surface area contributed by atoms with E-state index in [-0.39, 0.29) is 6.61 Å². The molecule has 4 heteroatoms. The van der Waals surface area contributed by atoms with Gasteiger partial charge in [0.05, 0.1) is 26.4 Å². The molecule has 68 valence electrons. The maximum atomic E-state index is 8.31. The molecule has 0 aromatic heterocycles. The van der Waals surface area contributed by atoms with Crippen LogP contribution < -0.4 is 0 Å². The summed E-state index contributed by atoms with van der Waals surface area (Å²) >= 11 is 0. The molecule has 0 aromatic carbocycles. The lowest BCUT2D eigenvalue weighted by molar-refractivity contribution is -0.299. The lowest BCUT2D eigenvalue weighted by atomic mass is 10.5. The first kappa shape index (κ1) is 10.8. The van der Waals surface area contributed by atoms with Gasteiger partial charge in [-0.05, 0) is 6.42 Å². The first-order valence-corrected chi connectivity index (χ1v) is 3.84. The molecule has 0 aliphatic carbocycles. The fourth-order valence-corrected chi connectivity index (χ4v) is 0.461. The zero-order chi connectivity index (χ0) is 8.36. The molecule has 0 aliphatic rings. The average molecular weight is 164 g/mol. The van der Waals surface area contributed by atoms with Crippen LogP contribution in [-0.2, 0) is 14.5 Å². The molecule has 1 N–H and O–H groups in total. The van der Waals surface area contributed by atoms with Gasteiger partial charge < -0.3 is 9.84 Å². The molecule has 0 amide bonds. The quantitative estimate of drug-likeness (QED) is 0.319. The molecule has 0 rings (SSSR count). The Labute approximate surface area is 67.0 Å². The van der Waals surface area contributed by atoms with E-state index in [0.717, 1.165) is 6.42 Å². The Bertz CT molecular complexity index is 59.5. The van der Waals surface area contributed by atoms with Crippen LogP contribution >= 0.6 is 0 Å². The Morgan fingerprint density at radius 1 is 1.00 bits per heavy atom. The molecule has 4 nitrogen and oxygen atoms in total. The van der Waals surface area contributed by atoms with Crippen molar-refractivity contribution < 1.29 is 19.6 Å². The van der Waals surface area contributed by atoms with Gasteiger partial charge in [-0.25, -0.2) is 9.78 Å². The van der Waals surface area contributed by atoms with Crippen molar-refractivity contribution >= 4 is 0 Å². The summed E-state index contributed by atoms with van der Waals surface area (Å²) in [6.45, 7) is 3.91. The fourth-order valence-electron chi connectivity index (χ4n) is 0.461. The van der Waals surface area contributed by atoms with Gasteiger partial charge in [-0.3, -0.25) is 0 Å². The van der Waals surface area contributed by atoms with Gasteiger partial charge >= 0.3 is 0 Å². The Hall–Kier alpha value is -0.160. The van der Waals surface area contributed by atoms with Crippen LogP contribution in [0.15, 0.2) is 0 Å². The van der Waals surface area contributed by atoms with Crippen LogP contribution in [0.25, 0.3) is 0 Å². The number of hydrogen-bond acceptors (Lipinski definition) is 4. The van der Waals surface area contributed by atoms with Gasteiger partial charge in [0.15, 0.2) is 0 Å². The van der Waals surface area contributed by atoms with E-state index >= 15 is 0 Å². The third-order valence-electron chi connectivity index (χ3n) is 0.917. The highest BCUT2D eigenvalue weighted by Crippen LogP contribution is 1.83. The largest absolute Gasteiger partial charge is 0.394 e. The fraction of sp³-hybridized carbons (Fsp3) is 1.00. The highest BCUT2D eigenvalue weighted by molar-refractivity contribution is 4.26. The van der Waals surface area contributed by atoms with E-state index in [4.69, 9.17) is 19.6 Å². The molecule has 0 atom stereocenters. The summed E-state index contributed by atoms with van der Waals surface area (Å²) in [5.41, 5.74) is 0. The van der Waals surface area contributed by atoms with Gasteiger partial charge in [0.2, 0.25) is 0 Å². The molecule has 0 fully saturated rings. The van der Waals surface area contributed by atoms with Gasteiger partial charge in [-0.2, -0.15) is 0 Å². The minimum absolute atomic E-state index is 0.0514. The molecule has 0 saturated heterocycles. The van der Waals surface area contributed by atoms with Crippen molar-refractivity contribution in [3.8, 4) is 0 Å². The Balaban J connectivity index is 2.69. The highest BCUT2D eigenvalue weighted by Gasteiger charge is 1.88. The highest BCUT2D eigenvalue weighted by atomic mass is 17.2. The van der Waals surface area contributed by atoms with Crippen LogP contribution in [0.2, 0.25) is 0 Å². The predicted molar refractivity (Wildman–Crippen MR) is 40.1 cm³/mol. The molecule has 0 radical (unpaired) electrons. The number of aliphatic hydroxyl groups excluding tert-OH is 1. The van der Waals surface area contributed by atoms with Crippen LogP contribution in [0.5, 0.6) is 0 Å². The van der Waals surface area contributed by atoms with Crippen molar-refractivity contribution in [3.63, 3.8) is 0 Å². The Morgan fingerprint density at radius 2 is 1.73 bits per heavy atom. The van der Waals surface area contributed by atoms with Crippen molar-refractivity contribution in [2.75, 3.05) is 33.0 Å². The van der Waals surface area contributed by atoms with Gasteiger partial charge in [0, 0.05) is 0 Å². The normalized spacial score (nSPS) is 10.4. The van der Waals surface area contributed by atoms with Crippen molar-refractivity contribution in [1.29, 1.82) is 0 Å². The first-order valence-electron chi connectivity index (χ1n) is 3.84. The van der Waals surface area contributed by atoms with E-state index in [2.05, 4.69) is 0 Å². The monoisotopic (exact) mass is 164 g/mol. The number of ether oxygens (including phenoxy) is 1. The van der Waals surface area contributed by atoms with Crippen molar-refractivity contribution in [1.82, 2.24) is 0 Å². The summed E-state index contributed by atoms with van der Waals surface area (Å²) in [7, 11) is 0. The van der Waals surface area contributed by atoms with Gasteiger partial charge in [0.1, 0.15) is 6.61 Å². The van der Waals surface area contributed by atoms with Crippen LogP contribution in [0, 0.1) is 0 Å². The molecule has 0 spiro atoms. The molecule has 11 heavy (non-hydrogen) atoms. The summed E-state index contributed by atoms with van der Waals surface area (Å²) in [6, 6.07) is 0. The van der Waals surface area contributed by atoms with Crippen LogP contribution in [-0.4, -0.2) is 38.1 Å². The van der Waals surface area contributed by atoms with E-state index < -0.39 is 0 Å². The molecule has 0 aliphatic heterocycles. The average Bonchev–Trinajstić information content (AvgIpc) is 2.03. The smallest absolute Gasteiger partial charge is 0.106 e. The van der Waals surface area contributed by atoms with Gasteiger partial charge in [-0.1, -0.05) is 6.92 Å². The van der Waals surface area contributed by atoms with E-state index in [1.165, 1.54) is 0 Å². The number of rotatable bonds is 8. The molecular formula is C7H16O4. The Morgan fingerprint density at radius 3 is 2.36 bits per heavy atom. The van der Waals surface area contributed by atoms with Crippen LogP contribution in [0.4, 0.5) is 0 Å². The van der Waals surface area contributed by atoms with Gasteiger partial charge in [0.25, 0.3) is 0 Å². The van der Waals surface area contributed by atoms with Crippen LogP contribution in [0.1, 0.15) is 13.3 Å². The number of aliphatic hydroxyl groups is 1. The molecule has 0 aromatic rings. The van der Waals surface area contributed by atoms with Crippen molar-refractivity contribution in [2.45, 2.75) is 13.3 Å². The minimum atomic E-state index is 0.0514. The van der Waals surface area contributed by atoms with Crippen molar-refractivity contribution in [3.05, 3.63) is 0 Å². The van der Waals surface area contributed by atoms with E-state index in [1.807, 2.05) is 6.92 Å². The second-order valence-electron chi connectivity index (χ2n) is 1.98. The predicted octanol–water partition coefficient (Wildman–Crippen LogP) is 0.353. The zero-order valence-corrected chi connectivity index (χ0v) is 6.91. The number of hydrogen-bond donors (Lipinski definition) is 1. The first-order chi connectivity index (χ1) is 5.41. The second-order valence-corrected chi connectivity index (χ2v) is 1.98. The Kier molecular flexibility index (Phi) is 9.70. The standard InChI is InChI=1S/C7H16O4/c1-2-4-10-11-7-6-9-5-3-8/h8H,2-7H2,1H3. The third-order valence-corrected chi connectivity index (χ3v) is 0.917. The molecule has 0 heterocycles. The summed E-state index contributed by atoms with van der Waals surface area (Å²) in [5, 5.41) is 8.31. The summed E-state index contributed by atoms with van der Waals surface area (Å²) < 4.78 is 4.91. The van der Waals surface area contributed by atoms with E-state index in [9.17, 15) is 0 Å². The third kappa shape index (κ3) is 9.84. The van der Waals surface area contributed by atoms with Crippen LogP contribution in [0.3, 0.4) is 0 Å². The SMILES string of the molecule is CCCOOCCOCCO. The van der Waals surface area contributed by atoms with E-state index in [1.54, 1.807) is 0 Å². The molecule has 0 saturated carbocycles. The lowest BCUT2D eigenvalue weighted by Crippen LogP contribution is -2.07. The summed E-state index contributed by atoms with van der Waals surface area (Å²) in [6.07, 6.45) is 0.942. The maximum absolute atomic E-state index is 8.31. The molecule has 0 bridgehead atoms. The summed E-state index contributed by atoms with van der Waals surface area (Å²) in [5.74, 6) is 0. The minimum Gasteiger partial charge on any atom is -0.394 e.